The number of nitrogens with one attached hydrogen (secondary N) is 1. The summed E-state index contributed by atoms with van der Waals surface area (Å²) < 4.78 is 19.9. The molecule has 1 N–H and O–H groups in total. The summed E-state index contributed by atoms with van der Waals surface area (Å²) in [5.41, 5.74) is 3.42. The fraction of sp³-hybridized carbons (Fsp3) is 0.190. The summed E-state index contributed by atoms with van der Waals surface area (Å²) in [6.07, 6.45) is -0.00488. The molecule has 0 saturated carbocycles. The number of nitrogens with zero attached hydrogens (tertiary/aromatic N) is 2. The first-order valence-corrected chi connectivity index (χ1v) is 9.24. The predicted molar refractivity (Wildman–Crippen MR) is 108 cm³/mol. The number of amides is 1. The van der Waals surface area contributed by atoms with Crippen LogP contribution in [0.4, 0.5) is 10.1 Å². The van der Waals surface area contributed by atoms with Crippen molar-refractivity contribution in [3.8, 4) is 5.69 Å². The minimum absolute atomic E-state index is 0.00488. The average Bonchev–Trinajstić information content (AvgIpc) is 2.97. The van der Waals surface area contributed by atoms with Crippen LogP contribution < -0.4 is 5.32 Å². The first kappa shape index (κ1) is 20.5. The number of carbonyl (C=O) groups is 2. The summed E-state index contributed by atoms with van der Waals surface area (Å²) in [7, 11) is 0. The largest absolute Gasteiger partial charge is 0.455 e. The van der Waals surface area contributed by atoms with Gasteiger partial charge in [0.05, 0.1) is 28.5 Å². The van der Waals surface area contributed by atoms with Crippen LogP contribution in [0.15, 0.2) is 48.5 Å². The average molecular weight is 416 g/mol. The smallest absolute Gasteiger partial charge is 0.310 e. The van der Waals surface area contributed by atoms with E-state index in [9.17, 15) is 14.0 Å². The van der Waals surface area contributed by atoms with Gasteiger partial charge in [-0.3, -0.25) is 9.59 Å². The van der Waals surface area contributed by atoms with Crippen LogP contribution in [0.3, 0.4) is 0 Å². The molecule has 150 valence electrons. The van der Waals surface area contributed by atoms with Gasteiger partial charge in [0.25, 0.3) is 5.91 Å². The van der Waals surface area contributed by atoms with Crippen molar-refractivity contribution in [1.82, 2.24) is 9.78 Å². The molecule has 1 amide bonds. The van der Waals surface area contributed by atoms with Crippen LogP contribution in [0.1, 0.15) is 17.0 Å². The molecule has 0 saturated heterocycles. The third kappa shape index (κ3) is 5.00. The van der Waals surface area contributed by atoms with Gasteiger partial charge in [-0.25, -0.2) is 9.07 Å². The minimum atomic E-state index is -0.569. The van der Waals surface area contributed by atoms with E-state index in [1.54, 1.807) is 4.68 Å². The van der Waals surface area contributed by atoms with E-state index in [0.29, 0.717) is 5.69 Å². The second kappa shape index (κ2) is 8.87. The van der Waals surface area contributed by atoms with Crippen LogP contribution in [-0.2, 0) is 20.7 Å². The molecule has 6 nitrogen and oxygen atoms in total. The SMILES string of the molecule is Cc1nn(-c2ccccc2)c(C)c1CC(=O)OCC(=O)Nc1ccc(F)cc1Cl. The molecular formula is C21H19ClFN3O3. The Hall–Kier alpha value is -3.19. The van der Waals surface area contributed by atoms with E-state index >= 15 is 0 Å². The summed E-state index contributed by atoms with van der Waals surface area (Å²) in [6, 6.07) is 13.2. The molecule has 0 aliphatic carbocycles. The molecular weight excluding hydrogens is 397 g/mol. The molecule has 29 heavy (non-hydrogen) atoms. The molecule has 0 fully saturated rings. The van der Waals surface area contributed by atoms with E-state index in [2.05, 4.69) is 10.4 Å². The van der Waals surface area contributed by atoms with Gasteiger partial charge < -0.3 is 10.1 Å². The van der Waals surface area contributed by atoms with Crippen molar-refractivity contribution in [2.45, 2.75) is 20.3 Å². The predicted octanol–water partition coefficient (Wildman–Crippen LogP) is 4.01. The normalized spacial score (nSPS) is 10.6. The highest BCUT2D eigenvalue weighted by Crippen LogP contribution is 2.22. The monoisotopic (exact) mass is 415 g/mol. The lowest BCUT2D eigenvalue weighted by molar-refractivity contribution is -0.146. The van der Waals surface area contributed by atoms with Crippen molar-refractivity contribution in [2.75, 3.05) is 11.9 Å². The number of aryl methyl sites for hydroxylation is 1. The van der Waals surface area contributed by atoms with Crippen molar-refractivity contribution in [3.63, 3.8) is 0 Å². The fourth-order valence-corrected chi connectivity index (χ4v) is 3.08. The van der Waals surface area contributed by atoms with Crippen LogP contribution in [0.5, 0.6) is 0 Å². The standard InChI is InChI=1S/C21H19ClFN3O3/c1-13-17(14(2)26(25-13)16-6-4-3-5-7-16)11-21(28)29-12-20(27)24-19-9-8-15(23)10-18(19)22/h3-10H,11-12H2,1-2H3,(H,24,27). The Labute approximate surface area is 172 Å². The Kier molecular flexibility index (Phi) is 6.29. The number of benzene rings is 2. The van der Waals surface area contributed by atoms with Gasteiger partial charge in [0, 0.05) is 11.3 Å². The molecule has 0 aliphatic heterocycles. The van der Waals surface area contributed by atoms with Gasteiger partial charge in [0.15, 0.2) is 6.61 Å². The summed E-state index contributed by atoms with van der Waals surface area (Å²) >= 11 is 5.86. The summed E-state index contributed by atoms with van der Waals surface area (Å²) in [6.45, 7) is 3.22. The molecule has 1 heterocycles. The highest BCUT2D eigenvalue weighted by Gasteiger charge is 2.17. The number of halogens is 2. The van der Waals surface area contributed by atoms with E-state index in [1.807, 2.05) is 44.2 Å². The number of ether oxygens (including phenoxy) is 1. The third-order valence-corrected chi connectivity index (χ3v) is 4.65. The number of rotatable bonds is 6. The van der Waals surface area contributed by atoms with Crippen molar-refractivity contribution in [3.05, 3.63) is 76.3 Å². The Balaban J connectivity index is 1.60. The van der Waals surface area contributed by atoms with Gasteiger partial charge in [-0.2, -0.15) is 5.10 Å². The summed E-state index contributed by atoms with van der Waals surface area (Å²) in [5, 5.41) is 7.02. The summed E-state index contributed by atoms with van der Waals surface area (Å²) in [5.74, 6) is -1.63. The topological polar surface area (TPSA) is 73.2 Å². The molecule has 0 bridgehead atoms. The van der Waals surface area contributed by atoms with Crippen LogP contribution in [0.25, 0.3) is 5.69 Å². The maximum Gasteiger partial charge on any atom is 0.310 e. The van der Waals surface area contributed by atoms with E-state index in [1.165, 1.54) is 12.1 Å². The molecule has 0 radical (unpaired) electrons. The molecule has 8 heteroatoms. The number of anilines is 1. The second-order valence-electron chi connectivity index (χ2n) is 6.41. The number of hydrogen-bond donors (Lipinski definition) is 1. The Morgan fingerprint density at radius 1 is 1.17 bits per heavy atom. The zero-order chi connectivity index (χ0) is 21.0. The number of aromatic nitrogens is 2. The lowest BCUT2D eigenvalue weighted by atomic mass is 10.1. The lowest BCUT2D eigenvalue weighted by Gasteiger charge is -2.08. The van der Waals surface area contributed by atoms with Crippen molar-refractivity contribution in [1.29, 1.82) is 0 Å². The van der Waals surface area contributed by atoms with Crippen molar-refractivity contribution >= 4 is 29.2 Å². The highest BCUT2D eigenvalue weighted by atomic mass is 35.5. The van der Waals surface area contributed by atoms with E-state index < -0.39 is 24.3 Å². The van der Waals surface area contributed by atoms with Gasteiger partial charge in [0.2, 0.25) is 0 Å². The molecule has 2 aromatic carbocycles. The minimum Gasteiger partial charge on any atom is -0.455 e. The van der Waals surface area contributed by atoms with Gasteiger partial charge >= 0.3 is 5.97 Å². The van der Waals surface area contributed by atoms with Crippen molar-refractivity contribution in [2.24, 2.45) is 0 Å². The van der Waals surface area contributed by atoms with Crippen molar-refractivity contribution < 1.29 is 18.7 Å². The van der Waals surface area contributed by atoms with E-state index in [0.717, 1.165) is 23.0 Å². The summed E-state index contributed by atoms with van der Waals surface area (Å²) in [4.78, 5) is 24.2. The maximum atomic E-state index is 13.0. The fourth-order valence-electron chi connectivity index (χ4n) is 2.87. The molecule has 0 unspecified atom stereocenters. The number of carbonyl (C=O) groups excluding carboxylic acids is 2. The number of hydrogen-bond acceptors (Lipinski definition) is 4. The molecule has 0 spiro atoms. The maximum absolute atomic E-state index is 13.0. The molecule has 0 aliphatic rings. The van der Waals surface area contributed by atoms with Crippen LogP contribution in [-0.4, -0.2) is 28.3 Å². The van der Waals surface area contributed by atoms with E-state index in [-0.39, 0.29) is 17.1 Å². The highest BCUT2D eigenvalue weighted by molar-refractivity contribution is 6.33. The van der Waals surface area contributed by atoms with Crippen LogP contribution in [0.2, 0.25) is 5.02 Å². The Morgan fingerprint density at radius 2 is 1.90 bits per heavy atom. The molecule has 3 rings (SSSR count). The lowest BCUT2D eigenvalue weighted by Crippen LogP contribution is -2.22. The van der Waals surface area contributed by atoms with Gasteiger partial charge in [-0.15, -0.1) is 0 Å². The number of para-hydroxylation sites is 1. The number of esters is 1. The van der Waals surface area contributed by atoms with E-state index in [4.69, 9.17) is 16.3 Å². The first-order valence-electron chi connectivity index (χ1n) is 8.86. The third-order valence-electron chi connectivity index (χ3n) is 4.33. The Bertz CT molecular complexity index is 1050. The zero-order valence-corrected chi connectivity index (χ0v) is 16.7. The van der Waals surface area contributed by atoms with Gasteiger partial charge in [-0.1, -0.05) is 29.8 Å². The molecule has 1 aromatic heterocycles. The Morgan fingerprint density at radius 3 is 2.59 bits per heavy atom. The second-order valence-corrected chi connectivity index (χ2v) is 6.81. The first-order chi connectivity index (χ1) is 13.8. The van der Waals surface area contributed by atoms with Gasteiger partial charge in [0.1, 0.15) is 5.82 Å². The molecule has 3 aromatic rings. The zero-order valence-electron chi connectivity index (χ0n) is 15.9. The molecule has 0 atom stereocenters. The van der Waals surface area contributed by atoms with Crippen LogP contribution >= 0.6 is 11.6 Å². The van der Waals surface area contributed by atoms with Gasteiger partial charge in [-0.05, 0) is 44.2 Å². The van der Waals surface area contributed by atoms with Crippen LogP contribution in [0, 0.1) is 19.7 Å². The quantitative estimate of drug-likeness (QED) is 0.617.